The highest BCUT2D eigenvalue weighted by molar-refractivity contribution is 5.21. The van der Waals surface area contributed by atoms with E-state index in [1.165, 1.54) is 18.6 Å². The van der Waals surface area contributed by atoms with Crippen LogP contribution in [-0.2, 0) is 0 Å². The lowest BCUT2D eigenvalue weighted by Gasteiger charge is -2.41. The molecule has 3 heteroatoms. The number of nitrogens with zero attached hydrogens (tertiary/aromatic N) is 1. The van der Waals surface area contributed by atoms with Gasteiger partial charge >= 0.3 is 0 Å². The Kier molecular flexibility index (Phi) is 4.58. The minimum Gasteiger partial charge on any atom is -0.323 e. The van der Waals surface area contributed by atoms with Crippen molar-refractivity contribution in [1.82, 2.24) is 4.90 Å². The summed E-state index contributed by atoms with van der Waals surface area (Å²) in [7, 11) is 0. The van der Waals surface area contributed by atoms with Crippen LogP contribution in [0.3, 0.4) is 0 Å². The third-order valence-electron chi connectivity index (χ3n) is 4.25. The predicted octanol–water partition coefficient (Wildman–Crippen LogP) is 3.19. The van der Waals surface area contributed by atoms with Gasteiger partial charge in [0.15, 0.2) is 0 Å². The zero-order valence-electron chi connectivity index (χ0n) is 12.1. The molecule has 4 atom stereocenters. The van der Waals surface area contributed by atoms with Crippen LogP contribution in [0.5, 0.6) is 0 Å². The molecule has 2 N–H and O–H groups in total. The quantitative estimate of drug-likeness (QED) is 0.908. The van der Waals surface area contributed by atoms with E-state index in [0.717, 1.165) is 30.5 Å². The summed E-state index contributed by atoms with van der Waals surface area (Å²) in [5, 5.41) is 0. The maximum absolute atomic E-state index is 13.0. The Morgan fingerprint density at radius 1 is 1.16 bits per heavy atom. The van der Waals surface area contributed by atoms with Gasteiger partial charge in [-0.2, -0.15) is 0 Å². The molecule has 1 aliphatic heterocycles. The van der Waals surface area contributed by atoms with E-state index < -0.39 is 0 Å². The Morgan fingerprint density at radius 2 is 1.68 bits per heavy atom. The van der Waals surface area contributed by atoms with Crippen molar-refractivity contribution in [2.45, 2.75) is 39.3 Å². The summed E-state index contributed by atoms with van der Waals surface area (Å²) >= 11 is 0. The molecule has 2 rings (SSSR count). The molecule has 1 aliphatic rings. The Bertz CT molecular complexity index is 394. The Labute approximate surface area is 115 Å². The second kappa shape index (κ2) is 6.02. The van der Waals surface area contributed by atoms with Crippen molar-refractivity contribution in [1.29, 1.82) is 0 Å². The van der Waals surface area contributed by atoms with Crippen LogP contribution in [0.4, 0.5) is 4.39 Å². The number of hydrogen-bond donors (Lipinski definition) is 1. The lowest BCUT2D eigenvalue weighted by Crippen LogP contribution is -2.48. The van der Waals surface area contributed by atoms with Crippen LogP contribution in [-0.4, -0.2) is 24.0 Å². The fourth-order valence-electron chi connectivity index (χ4n) is 3.23. The van der Waals surface area contributed by atoms with Gasteiger partial charge < -0.3 is 5.73 Å². The molecule has 106 valence electrons. The molecule has 4 unspecified atom stereocenters. The number of benzene rings is 1. The van der Waals surface area contributed by atoms with Gasteiger partial charge in [-0.3, -0.25) is 4.90 Å². The summed E-state index contributed by atoms with van der Waals surface area (Å²) in [5.74, 6) is 1.25. The molecule has 0 saturated carbocycles. The highest BCUT2D eigenvalue weighted by atomic mass is 19.1. The molecular formula is C16H25FN2. The molecule has 0 aliphatic carbocycles. The van der Waals surface area contributed by atoms with Crippen LogP contribution in [0.15, 0.2) is 24.3 Å². The van der Waals surface area contributed by atoms with Crippen LogP contribution in [0.1, 0.15) is 38.8 Å². The van der Waals surface area contributed by atoms with Crippen molar-refractivity contribution >= 4 is 0 Å². The first kappa shape index (κ1) is 14.5. The summed E-state index contributed by atoms with van der Waals surface area (Å²) in [5.41, 5.74) is 7.36. The Balaban J connectivity index is 2.05. The fourth-order valence-corrected chi connectivity index (χ4v) is 3.23. The van der Waals surface area contributed by atoms with Crippen LogP contribution >= 0.6 is 0 Å². The van der Waals surface area contributed by atoms with Crippen LogP contribution < -0.4 is 5.73 Å². The van der Waals surface area contributed by atoms with E-state index in [1.54, 1.807) is 12.1 Å². The van der Waals surface area contributed by atoms with Gasteiger partial charge in [0.25, 0.3) is 0 Å². The predicted molar refractivity (Wildman–Crippen MR) is 77.3 cm³/mol. The fraction of sp³-hybridized carbons (Fsp3) is 0.625. The normalized spacial score (nSPS) is 28.1. The van der Waals surface area contributed by atoms with Gasteiger partial charge in [-0.05, 0) is 42.9 Å². The zero-order valence-corrected chi connectivity index (χ0v) is 12.1. The molecule has 0 radical (unpaired) electrons. The lowest BCUT2D eigenvalue weighted by atomic mass is 9.89. The zero-order chi connectivity index (χ0) is 14.0. The van der Waals surface area contributed by atoms with Crippen molar-refractivity contribution in [3.8, 4) is 0 Å². The van der Waals surface area contributed by atoms with Crippen molar-refractivity contribution in [2.75, 3.05) is 13.1 Å². The molecule has 1 aromatic carbocycles. The van der Waals surface area contributed by atoms with E-state index in [0.29, 0.717) is 0 Å². The smallest absolute Gasteiger partial charge is 0.123 e. The van der Waals surface area contributed by atoms with E-state index in [1.807, 2.05) is 0 Å². The van der Waals surface area contributed by atoms with Crippen molar-refractivity contribution < 1.29 is 4.39 Å². The topological polar surface area (TPSA) is 29.3 Å². The Morgan fingerprint density at radius 3 is 2.21 bits per heavy atom. The molecule has 0 amide bonds. The number of rotatable bonds is 3. The van der Waals surface area contributed by atoms with Gasteiger partial charge in [-0.15, -0.1) is 0 Å². The number of piperidine rings is 1. The van der Waals surface area contributed by atoms with Crippen molar-refractivity contribution in [3.05, 3.63) is 35.6 Å². The SMILES string of the molecule is CC1CC(C)CN(C(C)C(N)c2ccc(F)cc2)C1. The maximum Gasteiger partial charge on any atom is 0.123 e. The van der Waals surface area contributed by atoms with Gasteiger partial charge in [-0.1, -0.05) is 26.0 Å². The molecule has 0 bridgehead atoms. The van der Waals surface area contributed by atoms with Gasteiger partial charge in [0.1, 0.15) is 5.82 Å². The maximum atomic E-state index is 13.0. The van der Waals surface area contributed by atoms with Gasteiger partial charge in [0, 0.05) is 25.2 Å². The summed E-state index contributed by atoms with van der Waals surface area (Å²) in [4.78, 5) is 2.48. The third-order valence-corrected chi connectivity index (χ3v) is 4.25. The largest absolute Gasteiger partial charge is 0.323 e. The van der Waals surface area contributed by atoms with E-state index in [2.05, 4.69) is 25.7 Å². The molecule has 1 saturated heterocycles. The van der Waals surface area contributed by atoms with Crippen molar-refractivity contribution in [2.24, 2.45) is 17.6 Å². The molecule has 1 fully saturated rings. The monoisotopic (exact) mass is 264 g/mol. The molecule has 1 heterocycles. The number of nitrogens with two attached hydrogens (primary N) is 1. The highest BCUT2D eigenvalue weighted by Gasteiger charge is 2.28. The van der Waals surface area contributed by atoms with E-state index in [4.69, 9.17) is 5.73 Å². The number of likely N-dealkylation sites (tertiary alicyclic amines) is 1. The van der Waals surface area contributed by atoms with Crippen molar-refractivity contribution in [3.63, 3.8) is 0 Å². The second-order valence-electron chi connectivity index (χ2n) is 6.22. The minimum atomic E-state index is -0.205. The number of hydrogen-bond acceptors (Lipinski definition) is 2. The first-order valence-electron chi connectivity index (χ1n) is 7.22. The van der Waals surface area contributed by atoms with Gasteiger partial charge in [0.05, 0.1) is 0 Å². The van der Waals surface area contributed by atoms with Crippen LogP contribution in [0.2, 0.25) is 0 Å². The Hall–Kier alpha value is -0.930. The van der Waals surface area contributed by atoms with E-state index in [9.17, 15) is 4.39 Å². The summed E-state index contributed by atoms with van der Waals surface area (Å²) < 4.78 is 13.0. The third kappa shape index (κ3) is 3.54. The lowest BCUT2D eigenvalue weighted by molar-refractivity contribution is 0.0905. The molecule has 2 nitrogen and oxygen atoms in total. The average molecular weight is 264 g/mol. The minimum absolute atomic E-state index is 0.0573. The standard InChI is InChI=1S/C16H25FN2/c1-11-8-12(2)10-19(9-11)13(3)16(18)14-4-6-15(17)7-5-14/h4-7,11-13,16H,8-10,18H2,1-3H3. The van der Waals surface area contributed by atoms with Crippen LogP contribution in [0, 0.1) is 17.7 Å². The molecule has 19 heavy (non-hydrogen) atoms. The average Bonchev–Trinajstić information content (AvgIpc) is 2.37. The van der Waals surface area contributed by atoms with Gasteiger partial charge in [-0.25, -0.2) is 4.39 Å². The van der Waals surface area contributed by atoms with E-state index in [-0.39, 0.29) is 17.9 Å². The van der Waals surface area contributed by atoms with E-state index >= 15 is 0 Å². The first-order valence-corrected chi connectivity index (χ1v) is 7.22. The molecule has 0 spiro atoms. The highest BCUT2D eigenvalue weighted by Crippen LogP contribution is 2.26. The number of halogens is 1. The first-order chi connectivity index (χ1) is 8.97. The van der Waals surface area contributed by atoms with Gasteiger partial charge in [0.2, 0.25) is 0 Å². The molecular weight excluding hydrogens is 239 g/mol. The summed E-state index contributed by atoms with van der Waals surface area (Å²) in [6.45, 7) is 9.01. The molecule has 1 aromatic rings. The second-order valence-corrected chi connectivity index (χ2v) is 6.22. The summed E-state index contributed by atoms with van der Waals surface area (Å²) in [6, 6.07) is 6.81. The molecule has 0 aromatic heterocycles. The van der Waals surface area contributed by atoms with Crippen LogP contribution in [0.25, 0.3) is 0 Å². The summed E-state index contributed by atoms with van der Waals surface area (Å²) in [6.07, 6.45) is 1.30.